The quantitative estimate of drug-likeness (QED) is 0.894. The molecule has 1 aromatic rings. The number of nitrogens with two attached hydrogens (primary N) is 1. The average Bonchev–Trinajstić information content (AvgIpc) is 2.86. The third-order valence-electron chi connectivity index (χ3n) is 3.23. The highest BCUT2D eigenvalue weighted by Gasteiger charge is 2.20. The molecule has 0 aromatic heterocycles. The van der Waals surface area contributed by atoms with Crippen molar-refractivity contribution in [2.45, 2.75) is 38.3 Å². The van der Waals surface area contributed by atoms with Crippen molar-refractivity contribution in [2.75, 3.05) is 13.2 Å². The largest absolute Gasteiger partial charge is 0.486 e. The molecule has 0 saturated carbocycles. The molecular formula is C14H20ClNO2. The molecule has 1 fully saturated rings. The van der Waals surface area contributed by atoms with E-state index in [1.807, 2.05) is 18.2 Å². The van der Waals surface area contributed by atoms with Crippen LogP contribution in [0, 0.1) is 0 Å². The Labute approximate surface area is 113 Å². The molecule has 1 aliphatic heterocycles. The summed E-state index contributed by atoms with van der Waals surface area (Å²) < 4.78 is 11.3. The zero-order chi connectivity index (χ0) is 13.0. The molecule has 2 rings (SSSR count). The van der Waals surface area contributed by atoms with Gasteiger partial charge in [0.2, 0.25) is 0 Å². The van der Waals surface area contributed by atoms with Gasteiger partial charge < -0.3 is 15.2 Å². The number of halogens is 1. The van der Waals surface area contributed by atoms with E-state index < -0.39 is 0 Å². The second kappa shape index (κ2) is 6.41. The van der Waals surface area contributed by atoms with Crippen molar-refractivity contribution in [3.63, 3.8) is 0 Å². The molecule has 0 radical (unpaired) electrons. The topological polar surface area (TPSA) is 44.5 Å². The summed E-state index contributed by atoms with van der Waals surface area (Å²) in [7, 11) is 0. The maximum Gasteiger partial charge on any atom is 0.141 e. The summed E-state index contributed by atoms with van der Waals surface area (Å²) >= 11 is 6.23. The van der Waals surface area contributed by atoms with Crippen LogP contribution in [-0.4, -0.2) is 25.4 Å². The molecule has 1 aliphatic rings. The van der Waals surface area contributed by atoms with Gasteiger partial charge in [-0.25, -0.2) is 0 Å². The molecule has 2 N–H and O–H groups in total. The molecule has 0 spiro atoms. The minimum Gasteiger partial charge on any atom is -0.486 e. The smallest absolute Gasteiger partial charge is 0.141 e. The molecule has 2 unspecified atom stereocenters. The SMILES string of the molecule is CCC(N)Cc1cccc(Cl)c1OC1CCOC1. The minimum atomic E-state index is 0.113. The number of para-hydroxylation sites is 1. The lowest BCUT2D eigenvalue weighted by molar-refractivity contribution is 0.140. The number of ether oxygens (including phenoxy) is 2. The summed E-state index contributed by atoms with van der Waals surface area (Å²) in [5.74, 6) is 0.776. The third-order valence-corrected chi connectivity index (χ3v) is 3.53. The fraction of sp³-hybridized carbons (Fsp3) is 0.571. The highest BCUT2D eigenvalue weighted by molar-refractivity contribution is 6.32. The Kier molecular flexibility index (Phi) is 4.87. The lowest BCUT2D eigenvalue weighted by Crippen LogP contribution is -2.23. The van der Waals surface area contributed by atoms with Crippen molar-refractivity contribution in [3.05, 3.63) is 28.8 Å². The first-order valence-corrected chi connectivity index (χ1v) is 6.86. The van der Waals surface area contributed by atoms with Crippen LogP contribution >= 0.6 is 11.6 Å². The lowest BCUT2D eigenvalue weighted by Gasteiger charge is -2.18. The Morgan fingerprint density at radius 2 is 2.39 bits per heavy atom. The molecule has 2 atom stereocenters. The van der Waals surface area contributed by atoms with Crippen LogP contribution in [0.3, 0.4) is 0 Å². The summed E-state index contributed by atoms with van der Waals surface area (Å²) in [5, 5.41) is 0.655. The fourth-order valence-corrected chi connectivity index (χ4v) is 2.28. The molecule has 4 heteroatoms. The Morgan fingerprint density at radius 3 is 3.06 bits per heavy atom. The summed E-state index contributed by atoms with van der Waals surface area (Å²) in [5.41, 5.74) is 7.10. The molecule has 0 aliphatic carbocycles. The summed E-state index contributed by atoms with van der Waals surface area (Å²) in [4.78, 5) is 0. The maximum atomic E-state index is 6.23. The standard InChI is InChI=1S/C14H20ClNO2/c1-2-11(16)8-10-4-3-5-13(15)14(10)18-12-6-7-17-9-12/h3-5,11-12H,2,6-9,16H2,1H3. The van der Waals surface area contributed by atoms with Crippen LogP contribution in [0.5, 0.6) is 5.75 Å². The van der Waals surface area contributed by atoms with Crippen molar-refractivity contribution in [2.24, 2.45) is 5.73 Å². The molecule has 0 bridgehead atoms. The van der Waals surface area contributed by atoms with E-state index in [1.54, 1.807) is 0 Å². The van der Waals surface area contributed by atoms with Gasteiger partial charge in [0, 0.05) is 12.5 Å². The molecule has 3 nitrogen and oxygen atoms in total. The second-order valence-electron chi connectivity index (χ2n) is 4.70. The fourth-order valence-electron chi connectivity index (χ4n) is 2.05. The highest BCUT2D eigenvalue weighted by Crippen LogP contribution is 2.31. The summed E-state index contributed by atoms with van der Waals surface area (Å²) in [6.45, 7) is 3.49. The van der Waals surface area contributed by atoms with Crippen LogP contribution in [0.25, 0.3) is 0 Å². The van der Waals surface area contributed by atoms with E-state index in [-0.39, 0.29) is 12.1 Å². The molecule has 0 amide bonds. The van der Waals surface area contributed by atoms with Gasteiger partial charge in [-0.1, -0.05) is 30.7 Å². The van der Waals surface area contributed by atoms with Crippen molar-refractivity contribution in [1.29, 1.82) is 0 Å². The number of benzene rings is 1. The van der Waals surface area contributed by atoms with E-state index in [0.717, 1.165) is 37.2 Å². The first-order valence-electron chi connectivity index (χ1n) is 6.48. The Balaban J connectivity index is 2.14. The maximum absolute atomic E-state index is 6.23. The van der Waals surface area contributed by atoms with Gasteiger partial charge in [-0.05, 0) is 24.5 Å². The Hall–Kier alpha value is -0.770. The van der Waals surface area contributed by atoms with Gasteiger partial charge in [0.25, 0.3) is 0 Å². The van der Waals surface area contributed by atoms with Gasteiger partial charge in [-0.3, -0.25) is 0 Å². The van der Waals surface area contributed by atoms with E-state index >= 15 is 0 Å². The van der Waals surface area contributed by atoms with Crippen LogP contribution in [0.2, 0.25) is 5.02 Å². The highest BCUT2D eigenvalue weighted by atomic mass is 35.5. The van der Waals surface area contributed by atoms with Gasteiger partial charge in [0.15, 0.2) is 0 Å². The van der Waals surface area contributed by atoms with Crippen molar-refractivity contribution in [1.82, 2.24) is 0 Å². The van der Waals surface area contributed by atoms with Gasteiger partial charge >= 0.3 is 0 Å². The zero-order valence-corrected chi connectivity index (χ0v) is 11.5. The molecular weight excluding hydrogens is 250 g/mol. The van der Waals surface area contributed by atoms with Crippen LogP contribution < -0.4 is 10.5 Å². The Morgan fingerprint density at radius 1 is 1.56 bits per heavy atom. The van der Waals surface area contributed by atoms with E-state index in [1.165, 1.54) is 0 Å². The normalized spacial score (nSPS) is 20.9. The average molecular weight is 270 g/mol. The van der Waals surface area contributed by atoms with Crippen LogP contribution in [-0.2, 0) is 11.2 Å². The van der Waals surface area contributed by atoms with Gasteiger partial charge in [-0.15, -0.1) is 0 Å². The summed E-state index contributed by atoms with van der Waals surface area (Å²) in [6, 6.07) is 5.98. The van der Waals surface area contributed by atoms with Gasteiger partial charge in [0.1, 0.15) is 11.9 Å². The first kappa shape index (κ1) is 13.7. The zero-order valence-electron chi connectivity index (χ0n) is 10.7. The van der Waals surface area contributed by atoms with E-state index in [0.29, 0.717) is 11.6 Å². The predicted octanol–water partition coefficient (Wildman–Crippen LogP) is 2.79. The molecule has 100 valence electrons. The van der Waals surface area contributed by atoms with Crippen LogP contribution in [0.4, 0.5) is 0 Å². The van der Waals surface area contributed by atoms with Crippen molar-refractivity contribution < 1.29 is 9.47 Å². The van der Waals surface area contributed by atoms with E-state index in [9.17, 15) is 0 Å². The monoisotopic (exact) mass is 269 g/mol. The van der Waals surface area contributed by atoms with Gasteiger partial charge in [-0.2, -0.15) is 0 Å². The Bertz CT molecular complexity index is 391. The number of hydrogen-bond donors (Lipinski definition) is 1. The molecule has 1 aromatic carbocycles. The minimum absolute atomic E-state index is 0.113. The van der Waals surface area contributed by atoms with Crippen LogP contribution in [0.15, 0.2) is 18.2 Å². The van der Waals surface area contributed by atoms with Gasteiger partial charge in [0.05, 0.1) is 18.2 Å². The number of hydrogen-bond acceptors (Lipinski definition) is 3. The van der Waals surface area contributed by atoms with Crippen LogP contribution in [0.1, 0.15) is 25.3 Å². The van der Waals surface area contributed by atoms with E-state index in [2.05, 4.69) is 6.92 Å². The second-order valence-corrected chi connectivity index (χ2v) is 5.11. The van der Waals surface area contributed by atoms with Crippen molar-refractivity contribution in [3.8, 4) is 5.75 Å². The molecule has 18 heavy (non-hydrogen) atoms. The lowest BCUT2D eigenvalue weighted by atomic mass is 10.0. The van der Waals surface area contributed by atoms with Crippen molar-refractivity contribution >= 4 is 11.6 Å². The number of rotatable bonds is 5. The third kappa shape index (κ3) is 3.37. The first-order chi connectivity index (χ1) is 8.70. The van der Waals surface area contributed by atoms with E-state index in [4.69, 9.17) is 26.8 Å². The molecule has 1 saturated heterocycles. The molecule has 1 heterocycles. The predicted molar refractivity (Wildman–Crippen MR) is 73.3 cm³/mol. The summed E-state index contributed by atoms with van der Waals surface area (Å²) in [6.07, 6.45) is 2.77.